The van der Waals surface area contributed by atoms with Gasteiger partial charge in [0.05, 0.1) is 11.5 Å². The number of aliphatic hydroxyl groups excluding tert-OH is 1. The quantitative estimate of drug-likeness (QED) is 0.384. The maximum Gasteiger partial charge on any atom is 0.339 e. The summed E-state index contributed by atoms with van der Waals surface area (Å²) < 4.78 is 5.84. The van der Waals surface area contributed by atoms with Crippen LogP contribution in [0.1, 0.15) is 40.8 Å². The molecule has 1 unspecified atom stereocenters. The Morgan fingerprint density at radius 2 is 1.59 bits per heavy atom. The number of fused-ring (bicyclic) bond motifs is 1. The number of hydrogen-bond donors (Lipinski definition) is 2. The molecular weight excluding hydrogens is 398 g/mol. The van der Waals surface area contributed by atoms with E-state index in [0.717, 1.165) is 33.3 Å². The van der Waals surface area contributed by atoms with Gasteiger partial charge < -0.3 is 14.8 Å². The number of aromatic nitrogens is 1. The Bertz CT molecular complexity index is 1350. The average molecular weight is 424 g/mol. The molecule has 160 valence electrons. The van der Waals surface area contributed by atoms with Gasteiger partial charge in [0, 0.05) is 22.2 Å². The van der Waals surface area contributed by atoms with Gasteiger partial charge in [0.2, 0.25) is 0 Å². The molecule has 1 aliphatic heterocycles. The Morgan fingerprint density at radius 1 is 0.938 bits per heavy atom. The van der Waals surface area contributed by atoms with Crippen molar-refractivity contribution in [1.29, 1.82) is 0 Å². The van der Waals surface area contributed by atoms with Crippen molar-refractivity contribution in [1.82, 2.24) is 4.98 Å². The molecule has 0 fully saturated rings. The van der Waals surface area contributed by atoms with Gasteiger partial charge in [-0.15, -0.1) is 0 Å². The monoisotopic (exact) mass is 423 g/mol. The van der Waals surface area contributed by atoms with Crippen molar-refractivity contribution in [2.24, 2.45) is 0 Å². The van der Waals surface area contributed by atoms with Crippen molar-refractivity contribution < 1.29 is 14.6 Å². The molecule has 0 bridgehead atoms. The molecule has 0 amide bonds. The van der Waals surface area contributed by atoms with Gasteiger partial charge >= 0.3 is 5.97 Å². The van der Waals surface area contributed by atoms with Gasteiger partial charge in [0.25, 0.3) is 0 Å². The molecule has 0 spiro atoms. The van der Waals surface area contributed by atoms with E-state index >= 15 is 0 Å². The number of ether oxygens (including phenoxy) is 1. The van der Waals surface area contributed by atoms with Crippen LogP contribution in [0.15, 0.2) is 90.2 Å². The zero-order chi connectivity index (χ0) is 22.5. The summed E-state index contributed by atoms with van der Waals surface area (Å²) in [5.41, 5.74) is 4.80. The Morgan fingerprint density at radius 3 is 2.28 bits per heavy atom. The van der Waals surface area contributed by atoms with E-state index in [1.54, 1.807) is 6.92 Å². The lowest BCUT2D eigenvalue weighted by atomic mass is 9.83. The third kappa shape index (κ3) is 3.02. The predicted molar refractivity (Wildman–Crippen MR) is 126 cm³/mol. The van der Waals surface area contributed by atoms with Crippen LogP contribution in [-0.4, -0.2) is 16.1 Å². The molecule has 1 aliphatic rings. The van der Waals surface area contributed by atoms with Crippen molar-refractivity contribution in [3.8, 4) is 0 Å². The third-order valence-electron chi connectivity index (χ3n) is 6.51. The number of nitrogens with one attached hydrogen (secondary N) is 1. The largest absolute Gasteiger partial charge is 0.507 e. The summed E-state index contributed by atoms with van der Waals surface area (Å²) in [4.78, 5) is 16.8. The summed E-state index contributed by atoms with van der Waals surface area (Å²) in [6, 6.07) is 25.4. The standard InChI is InChI=1S/C28H25NO3/c1-17-14-15-22-21(16-17)18(2)25(29-22)23(19-10-6-4-7-11-19)24-26(30)28(3,32-27(24)31)20-12-8-5-9-13-20/h4-16,23,29-30H,1-3H3/t23?,28-/m1/s1. The number of H-pyrrole nitrogens is 1. The zero-order valence-electron chi connectivity index (χ0n) is 18.3. The molecule has 4 aromatic rings. The van der Waals surface area contributed by atoms with E-state index in [-0.39, 0.29) is 11.3 Å². The highest BCUT2D eigenvalue weighted by atomic mass is 16.6. The summed E-state index contributed by atoms with van der Waals surface area (Å²) in [5.74, 6) is -1.03. The molecule has 4 nitrogen and oxygen atoms in total. The summed E-state index contributed by atoms with van der Waals surface area (Å²) in [5, 5.41) is 12.6. The number of rotatable bonds is 4. The molecule has 32 heavy (non-hydrogen) atoms. The van der Waals surface area contributed by atoms with Gasteiger partial charge in [-0.3, -0.25) is 0 Å². The first-order valence-corrected chi connectivity index (χ1v) is 10.8. The van der Waals surface area contributed by atoms with E-state index in [2.05, 4.69) is 37.0 Å². The summed E-state index contributed by atoms with van der Waals surface area (Å²) >= 11 is 0. The number of hydrogen-bond acceptors (Lipinski definition) is 3. The maximum absolute atomic E-state index is 13.3. The number of carbonyl (C=O) groups is 1. The van der Waals surface area contributed by atoms with Gasteiger partial charge in [-0.1, -0.05) is 72.3 Å². The van der Waals surface area contributed by atoms with Crippen LogP contribution in [0, 0.1) is 13.8 Å². The molecule has 2 atom stereocenters. The highest BCUT2D eigenvalue weighted by Gasteiger charge is 2.49. The van der Waals surface area contributed by atoms with Crippen LogP contribution in [0.2, 0.25) is 0 Å². The second-order valence-corrected chi connectivity index (χ2v) is 8.61. The van der Waals surface area contributed by atoms with Crippen LogP contribution in [0.25, 0.3) is 10.9 Å². The van der Waals surface area contributed by atoms with Crippen molar-refractivity contribution in [2.45, 2.75) is 32.3 Å². The number of aliphatic hydroxyl groups is 1. The number of aryl methyl sites for hydroxylation is 2. The zero-order valence-corrected chi connectivity index (χ0v) is 18.3. The molecule has 1 aromatic heterocycles. The van der Waals surface area contributed by atoms with Gasteiger partial charge in [0.1, 0.15) is 0 Å². The second-order valence-electron chi connectivity index (χ2n) is 8.61. The molecular formula is C28H25NO3. The minimum Gasteiger partial charge on any atom is -0.507 e. The van der Waals surface area contributed by atoms with E-state index < -0.39 is 17.5 Å². The van der Waals surface area contributed by atoms with Gasteiger partial charge in [-0.25, -0.2) is 4.79 Å². The second kappa shape index (κ2) is 7.41. The fraction of sp³-hybridized carbons (Fsp3) is 0.179. The SMILES string of the molecule is Cc1ccc2[nH]c(C(C3=C(O)[C@@](C)(c4ccccc4)OC3=O)c3ccccc3)c(C)c2c1. The number of aromatic amines is 1. The first-order chi connectivity index (χ1) is 15.4. The van der Waals surface area contributed by atoms with Crippen LogP contribution in [-0.2, 0) is 15.1 Å². The van der Waals surface area contributed by atoms with Gasteiger partial charge in [-0.05, 0) is 44.0 Å². The van der Waals surface area contributed by atoms with Crippen LogP contribution in [0.4, 0.5) is 0 Å². The van der Waals surface area contributed by atoms with Crippen molar-refractivity contribution >= 4 is 16.9 Å². The molecule has 2 heterocycles. The van der Waals surface area contributed by atoms with E-state index in [9.17, 15) is 9.90 Å². The fourth-order valence-corrected chi connectivity index (χ4v) is 4.72. The normalized spacial score (nSPS) is 19.4. The molecule has 0 aliphatic carbocycles. The average Bonchev–Trinajstić information content (AvgIpc) is 3.24. The molecule has 0 saturated carbocycles. The molecule has 3 aromatic carbocycles. The van der Waals surface area contributed by atoms with Crippen molar-refractivity contribution in [2.75, 3.05) is 0 Å². The summed E-state index contributed by atoms with van der Waals surface area (Å²) in [6.45, 7) is 5.86. The van der Waals surface area contributed by atoms with E-state index in [4.69, 9.17) is 4.74 Å². The van der Waals surface area contributed by atoms with Gasteiger partial charge in [0.15, 0.2) is 11.4 Å². The molecule has 0 radical (unpaired) electrons. The smallest absolute Gasteiger partial charge is 0.339 e. The minimum atomic E-state index is -1.22. The Balaban J connectivity index is 1.76. The van der Waals surface area contributed by atoms with Crippen molar-refractivity contribution in [3.63, 3.8) is 0 Å². The Kier molecular flexibility index (Phi) is 4.66. The van der Waals surface area contributed by atoms with Crippen LogP contribution < -0.4 is 0 Å². The number of cyclic esters (lactones) is 1. The lowest BCUT2D eigenvalue weighted by Crippen LogP contribution is -2.25. The Labute approximate surface area is 187 Å². The maximum atomic E-state index is 13.3. The van der Waals surface area contributed by atoms with Crippen LogP contribution in [0.5, 0.6) is 0 Å². The molecule has 4 heteroatoms. The molecule has 5 rings (SSSR count). The predicted octanol–water partition coefficient (Wildman–Crippen LogP) is 6.20. The lowest BCUT2D eigenvalue weighted by Gasteiger charge is -2.23. The third-order valence-corrected chi connectivity index (χ3v) is 6.51. The van der Waals surface area contributed by atoms with E-state index in [0.29, 0.717) is 0 Å². The Hall–Kier alpha value is -3.79. The van der Waals surface area contributed by atoms with Crippen LogP contribution >= 0.6 is 0 Å². The summed E-state index contributed by atoms with van der Waals surface area (Å²) in [6.07, 6.45) is 0. The molecule has 2 N–H and O–H groups in total. The number of esters is 1. The lowest BCUT2D eigenvalue weighted by molar-refractivity contribution is -0.147. The van der Waals surface area contributed by atoms with Gasteiger partial charge in [-0.2, -0.15) is 0 Å². The van der Waals surface area contributed by atoms with E-state index in [1.165, 1.54) is 5.56 Å². The number of carbonyl (C=O) groups excluding carboxylic acids is 1. The topological polar surface area (TPSA) is 62.3 Å². The fourth-order valence-electron chi connectivity index (χ4n) is 4.72. The first kappa shape index (κ1) is 20.1. The summed E-state index contributed by atoms with van der Waals surface area (Å²) in [7, 11) is 0. The highest BCUT2D eigenvalue weighted by Crippen LogP contribution is 2.47. The number of benzene rings is 3. The first-order valence-electron chi connectivity index (χ1n) is 10.8. The highest BCUT2D eigenvalue weighted by molar-refractivity contribution is 5.96. The van der Waals surface area contributed by atoms with Crippen LogP contribution in [0.3, 0.4) is 0 Å². The molecule has 0 saturated heterocycles. The van der Waals surface area contributed by atoms with Crippen molar-refractivity contribution in [3.05, 3.63) is 118 Å². The minimum absolute atomic E-state index is 0.0446. The van der Waals surface area contributed by atoms with E-state index in [1.807, 2.05) is 60.7 Å².